The highest BCUT2D eigenvalue weighted by molar-refractivity contribution is 6.32. The predicted molar refractivity (Wildman–Crippen MR) is 97.8 cm³/mol. The summed E-state index contributed by atoms with van der Waals surface area (Å²) in [4.78, 5) is 12.2. The largest absolute Gasteiger partial charge is 0.495 e. The van der Waals surface area contributed by atoms with Gasteiger partial charge in [-0.05, 0) is 26.8 Å². The lowest BCUT2D eigenvalue weighted by Gasteiger charge is -2.13. The lowest BCUT2D eigenvalue weighted by Crippen LogP contribution is -2.28. The third-order valence-electron chi connectivity index (χ3n) is 3.98. The van der Waals surface area contributed by atoms with Crippen LogP contribution in [0.5, 0.6) is 11.5 Å². The van der Waals surface area contributed by atoms with Crippen molar-refractivity contribution in [2.75, 3.05) is 19.5 Å². The van der Waals surface area contributed by atoms with Gasteiger partial charge in [-0.3, -0.25) is 4.68 Å². The minimum atomic E-state index is -0.359. The Kier molecular flexibility index (Phi) is 6.14. The number of rotatable bonds is 6. The summed E-state index contributed by atoms with van der Waals surface area (Å²) < 4.78 is 12.3. The van der Waals surface area contributed by atoms with Crippen molar-refractivity contribution >= 4 is 23.3 Å². The number of hydrogen-bond acceptors (Lipinski definition) is 4. The fourth-order valence-corrected chi connectivity index (χ4v) is 2.83. The summed E-state index contributed by atoms with van der Waals surface area (Å²) in [6.07, 6.45) is 0. The molecule has 1 aromatic carbocycles. The molecule has 0 saturated heterocycles. The number of hydrogen-bond donors (Lipinski definition) is 2. The van der Waals surface area contributed by atoms with Gasteiger partial charge in [0.2, 0.25) is 0 Å². The first-order chi connectivity index (χ1) is 11.9. The lowest BCUT2D eigenvalue weighted by molar-refractivity contribution is 0.251. The molecule has 0 saturated carbocycles. The van der Waals surface area contributed by atoms with E-state index in [-0.39, 0.29) is 6.03 Å². The molecule has 0 aliphatic carbocycles. The van der Waals surface area contributed by atoms with E-state index in [1.807, 2.05) is 25.5 Å². The maximum atomic E-state index is 12.2. The first-order valence-corrected chi connectivity index (χ1v) is 8.28. The van der Waals surface area contributed by atoms with Crippen molar-refractivity contribution in [2.45, 2.75) is 33.9 Å². The van der Waals surface area contributed by atoms with Gasteiger partial charge in [-0.25, -0.2) is 4.79 Å². The average molecular weight is 367 g/mol. The molecule has 2 rings (SSSR count). The van der Waals surface area contributed by atoms with Crippen molar-refractivity contribution in [3.05, 3.63) is 34.1 Å². The van der Waals surface area contributed by atoms with Gasteiger partial charge >= 0.3 is 6.03 Å². The number of methoxy groups -OCH3 is 2. The van der Waals surface area contributed by atoms with Gasteiger partial charge in [0.25, 0.3) is 0 Å². The number of amides is 2. The first-order valence-electron chi connectivity index (χ1n) is 7.90. The van der Waals surface area contributed by atoms with Crippen molar-refractivity contribution in [3.63, 3.8) is 0 Å². The van der Waals surface area contributed by atoms with Gasteiger partial charge in [0.05, 0.1) is 30.6 Å². The summed E-state index contributed by atoms with van der Waals surface area (Å²) in [5, 5.41) is 10.4. The highest BCUT2D eigenvalue weighted by Crippen LogP contribution is 2.35. The number of benzene rings is 1. The number of aromatic nitrogens is 2. The van der Waals surface area contributed by atoms with Gasteiger partial charge in [-0.15, -0.1) is 0 Å². The number of carbonyl (C=O) groups is 1. The van der Waals surface area contributed by atoms with E-state index in [0.717, 1.165) is 23.5 Å². The Bertz CT molecular complexity index is 774. The molecule has 0 spiro atoms. The second kappa shape index (κ2) is 8.11. The monoisotopic (exact) mass is 366 g/mol. The van der Waals surface area contributed by atoms with Gasteiger partial charge in [0, 0.05) is 30.4 Å². The van der Waals surface area contributed by atoms with Crippen LogP contribution in [0.1, 0.15) is 23.9 Å². The lowest BCUT2D eigenvalue weighted by atomic mass is 10.2. The molecular formula is C17H23ClN4O3. The zero-order valence-electron chi connectivity index (χ0n) is 15.1. The average Bonchev–Trinajstić information content (AvgIpc) is 2.86. The van der Waals surface area contributed by atoms with Gasteiger partial charge < -0.3 is 20.1 Å². The van der Waals surface area contributed by atoms with E-state index in [9.17, 15) is 4.79 Å². The summed E-state index contributed by atoms with van der Waals surface area (Å²) in [5.74, 6) is 0.935. The Morgan fingerprint density at radius 2 is 1.92 bits per heavy atom. The number of nitrogens with one attached hydrogen (secondary N) is 2. The highest BCUT2D eigenvalue weighted by atomic mass is 35.5. The number of aryl methyl sites for hydroxylation is 2. The summed E-state index contributed by atoms with van der Waals surface area (Å²) in [5.41, 5.74) is 3.43. The standard InChI is InChI=1S/C17H23ClN4O3/c1-6-22-11(3)12(10(2)21-22)9-19-17(23)20-14-7-13(18)15(24-4)8-16(14)25-5/h7-8H,6,9H2,1-5H3,(H2,19,20,23). The summed E-state index contributed by atoms with van der Waals surface area (Å²) in [7, 11) is 3.03. The number of nitrogens with zero attached hydrogens (tertiary/aromatic N) is 2. The molecule has 2 aromatic rings. The molecule has 0 bridgehead atoms. The molecule has 0 atom stereocenters. The molecule has 2 N–H and O–H groups in total. The molecular weight excluding hydrogens is 344 g/mol. The topological polar surface area (TPSA) is 77.4 Å². The van der Waals surface area contributed by atoms with Crippen LogP contribution in [0.25, 0.3) is 0 Å². The number of urea groups is 1. The summed E-state index contributed by atoms with van der Waals surface area (Å²) >= 11 is 6.11. The Balaban J connectivity index is 2.08. The molecule has 25 heavy (non-hydrogen) atoms. The quantitative estimate of drug-likeness (QED) is 0.820. The third-order valence-corrected chi connectivity index (χ3v) is 4.27. The number of ether oxygens (including phenoxy) is 2. The Morgan fingerprint density at radius 3 is 2.48 bits per heavy atom. The van der Waals surface area contributed by atoms with Crippen molar-refractivity contribution in [1.82, 2.24) is 15.1 Å². The predicted octanol–water partition coefficient (Wildman–Crippen LogP) is 3.51. The maximum Gasteiger partial charge on any atom is 0.319 e. The number of carbonyl (C=O) groups excluding carboxylic acids is 1. The molecule has 0 unspecified atom stereocenters. The molecule has 1 aromatic heterocycles. The Labute approximate surface area is 152 Å². The van der Waals surface area contributed by atoms with Crippen LogP contribution in [0.2, 0.25) is 5.02 Å². The second-order valence-corrected chi connectivity index (χ2v) is 5.87. The van der Waals surface area contributed by atoms with Crippen LogP contribution >= 0.6 is 11.6 Å². The van der Waals surface area contributed by atoms with Crippen LogP contribution in [0.4, 0.5) is 10.5 Å². The molecule has 136 valence electrons. The van der Waals surface area contributed by atoms with Gasteiger partial charge in [0.15, 0.2) is 0 Å². The first kappa shape index (κ1) is 18.9. The van der Waals surface area contributed by atoms with E-state index >= 15 is 0 Å². The van der Waals surface area contributed by atoms with Crippen LogP contribution in [-0.4, -0.2) is 30.0 Å². The van der Waals surface area contributed by atoms with Crippen LogP contribution in [0, 0.1) is 13.8 Å². The molecule has 0 aliphatic rings. The van der Waals surface area contributed by atoms with E-state index < -0.39 is 0 Å². The van der Waals surface area contributed by atoms with Gasteiger partial charge in [-0.1, -0.05) is 11.6 Å². The maximum absolute atomic E-state index is 12.2. The van der Waals surface area contributed by atoms with Gasteiger partial charge in [0.1, 0.15) is 11.5 Å². The van der Waals surface area contributed by atoms with Crippen LogP contribution in [-0.2, 0) is 13.1 Å². The van der Waals surface area contributed by atoms with Crippen LogP contribution in [0.15, 0.2) is 12.1 Å². The van der Waals surface area contributed by atoms with Crippen molar-refractivity contribution in [2.24, 2.45) is 0 Å². The summed E-state index contributed by atoms with van der Waals surface area (Å²) in [6.45, 7) is 7.13. The summed E-state index contributed by atoms with van der Waals surface area (Å²) in [6, 6.07) is 2.85. The number of halogens is 1. The minimum Gasteiger partial charge on any atom is -0.495 e. The van der Waals surface area contributed by atoms with Crippen molar-refractivity contribution in [3.8, 4) is 11.5 Å². The minimum absolute atomic E-state index is 0.359. The van der Waals surface area contributed by atoms with E-state index in [4.69, 9.17) is 21.1 Å². The number of anilines is 1. The van der Waals surface area contributed by atoms with E-state index in [1.165, 1.54) is 14.2 Å². The van der Waals surface area contributed by atoms with Crippen LogP contribution in [0.3, 0.4) is 0 Å². The SMILES string of the molecule is CCn1nc(C)c(CNC(=O)Nc2cc(Cl)c(OC)cc2OC)c1C. The van der Waals surface area contributed by atoms with E-state index in [0.29, 0.717) is 28.8 Å². The normalized spacial score (nSPS) is 10.5. The Morgan fingerprint density at radius 1 is 1.24 bits per heavy atom. The molecule has 7 nitrogen and oxygen atoms in total. The van der Waals surface area contributed by atoms with Crippen molar-refractivity contribution in [1.29, 1.82) is 0 Å². The smallest absolute Gasteiger partial charge is 0.319 e. The van der Waals surface area contributed by atoms with E-state index in [2.05, 4.69) is 15.7 Å². The van der Waals surface area contributed by atoms with E-state index in [1.54, 1.807) is 12.1 Å². The van der Waals surface area contributed by atoms with Crippen LogP contribution < -0.4 is 20.1 Å². The molecule has 2 amide bonds. The van der Waals surface area contributed by atoms with Gasteiger partial charge in [-0.2, -0.15) is 5.10 Å². The Hall–Kier alpha value is -2.41. The zero-order chi connectivity index (χ0) is 18.6. The van der Waals surface area contributed by atoms with Crippen molar-refractivity contribution < 1.29 is 14.3 Å². The molecule has 0 radical (unpaired) electrons. The third kappa shape index (κ3) is 4.17. The molecule has 0 fully saturated rings. The fraction of sp³-hybridized carbons (Fsp3) is 0.412. The second-order valence-electron chi connectivity index (χ2n) is 5.46. The molecule has 0 aliphatic heterocycles. The zero-order valence-corrected chi connectivity index (χ0v) is 15.8. The molecule has 1 heterocycles. The molecule has 8 heteroatoms. The fourth-order valence-electron chi connectivity index (χ4n) is 2.59. The highest BCUT2D eigenvalue weighted by Gasteiger charge is 2.14.